The minimum Gasteiger partial charge on any atom is -0.481 e. The van der Waals surface area contributed by atoms with E-state index in [1.165, 1.54) is 4.68 Å². The Balaban J connectivity index is 1.40. The Labute approximate surface area is 168 Å². The molecular formula is C21H23N5O3. The van der Waals surface area contributed by atoms with E-state index in [2.05, 4.69) is 15.4 Å². The van der Waals surface area contributed by atoms with Gasteiger partial charge in [0.15, 0.2) is 11.9 Å². The second-order valence-corrected chi connectivity index (χ2v) is 7.04. The minimum atomic E-state index is -0.635. The van der Waals surface area contributed by atoms with Gasteiger partial charge in [0.25, 0.3) is 5.91 Å². The molecule has 0 saturated heterocycles. The van der Waals surface area contributed by atoms with Crippen molar-refractivity contribution < 1.29 is 9.53 Å². The first-order valence-corrected chi connectivity index (χ1v) is 9.72. The van der Waals surface area contributed by atoms with Crippen LogP contribution in [-0.2, 0) is 11.3 Å². The van der Waals surface area contributed by atoms with Gasteiger partial charge in [0.05, 0.1) is 6.54 Å². The molecule has 2 heterocycles. The normalized spacial score (nSPS) is 14.4. The van der Waals surface area contributed by atoms with Crippen molar-refractivity contribution in [3.05, 3.63) is 65.3 Å². The van der Waals surface area contributed by atoms with Crippen molar-refractivity contribution in [2.24, 2.45) is 0 Å². The molecule has 1 aliphatic carbocycles. The number of carbonyl (C=O) groups excluding carboxylic acids is 1. The van der Waals surface area contributed by atoms with Crippen LogP contribution in [0.5, 0.6) is 5.75 Å². The van der Waals surface area contributed by atoms with Crippen molar-refractivity contribution in [1.29, 1.82) is 0 Å². The molecular weight excluding hydrogens is 370 g/mol. The maximum absolute atomic E-state index is 12.8. The van der Waals surface area contributed by atoms with E-state index < -0.39 is 6.10 Å². The van der Waals surface area contributed by atoms with Gasteiger partial charge in [-0.05, 0) is 44.0 Å². The van der Waals surface area contributed by atoms with Crippen LogP contribution in [0.4, 0.5) is 0 Å². The molecule has 1 N–H and O–H groups in total. The zero-order valence-electron chi connectivity index (χ0n) is 16.2. The van der Waals surface area contributed by atoms with Gasteiger partial charge in [-0.1, -0.05) is 18.2 Å². The Bertz CT molecular complexity index is 1030. The fourth-order valence-electron chi connectivity index (χ4n) is 3.11. The summed E-state index contributed by atoms with van der Waals surface area (Å²) >= 11 is 0. The Morgan fingerprint density at radius 3 is 2.72 bits per heavy atom. The summed E-state index contributed by atoms with van der Waals surface area (Å²) in [6, 6.07) is 13.1. The Morgan fingerprint density at radius 2 is 2.03 bits per heavy atom. The molecule has 0 bridgehead atoms. The van der Waals surface area contributed by atoms with Crippen molar-refractivity contribution in [2.75, 3.05) is 6.54 Å². The van der Waals surface area contributed by atoms with Gasteiger partial charge in [0.1, 0.15) is 5.75 Å². The predicted molar refractivity (Wildman–Crippen MR) is 108 cm³/mol. The quantitative estimate of drug-likeness (QED) is 0.632. The molecule has 3 aromatic rings. The first-order valence-electron chi connectivity index (χ1n) is 9.72. The highest BCUT2D eigenvalue weighted by atomic mass is 16.5. The number of para-hydroxylation sites is 1. The second kappa shape index (κ2) is 8.30. The molecule has 1 fully saturated rings. The van der Waals surface area contributed by atoms with Crippen molar-refractivity contribution in [2.45, 2.75) is 38.5 Å². The number of rotatable bonds is 8. The molecule has 1 saturated carbocycles. The standard InChI is InChI=1S/C21H23N5O3/c1-15(29-18-7-3-2-4-8-18)20(27)23-12-13-25-21(28)26(17-9-10-17)19(24-25)16-6-5-11-22-14-16/h2-8,11,14-15,17H,9-10,12-13H2,1H3,(H,23,27)/t15-/m1/s1. The summed E-state index contributed by atoms with van der Waals surface area (Å²) in [5.74, 6) is 1.02. The van der Waals surface area contributed by atoms with Gasteiger partial charge in [0.2, 0.25) is 0 Å². The van der Waals surface area contributed by atoms with Crippen LogP contribution in [0.3, 0.4) is 0 Å². The van der Waals surface area contributed by atoms with E-state index in [9.17, 15) is 9.59 Å². The average Bonchev–Trinajstić information content (AvgIpc) is 3.53. The number of pyridine rings is 1. The van der Waals surface area contributed by atoms with Gasteiger partial charge in [0, 0.05) is 30.5 Å². The molecule has 29 heavy (non-hydrogen) atoms. The van der Waals surface area contributed by atoms with Crippen LogP contribution in [0.15, 0.2) is 59.7 Å². The second-order valence-electron chi connectivity index (χ2n) is 7.04. The summed E-state index contributed by atoms with van der Waals surface area (Å²) in [5.41, 5.74) is 0.651. The van der Waals surface area contributed by atoms with Crippen LogP contribution >= 0.6 is 0 Å². The topological polar surface area (TPSA) is 91.0 Å². The van der Waals surface area contributed by atoms with Crippen LogP contribution in [0.2, 0.25) is 0 Å². The van der Waals surface area contributed by atoms with E-state index >= 15 is 0 Å². The van der Waals surface area contributed by atoms with Gasteiger partial charge in [-0.25, -0.2) is 9.48 Å². The third-order valence-corrected chi connectivity index (χ3v) is 4.75. The summed E-state index contributed by atoms with van der Waals surface area (Å²) in [4.78, 5) is 29.2. The number of benzene rings is 1. The minimum absolute atomic E-state index is 0.158. The largest absolute Gasteiger partial charge is 0.481 e. The number of ether oxygens (including phenoxy) is 1. The number of hydrogen-bond acceptors (Lipinski definition) is 5. The zero-order chi connectivity index (χ0) is 20.2. The lowest BCUT2D eigenvalue weighted by atomic mass is 10.3. The highest BCUT2D eigenvalue weighted by Gasteiger charge is 2.30. The fraction of sp³-hybridized carbons (Fsp3) is 0.333. The van der Waals surface area contributed by atoms with Gasteiger partial charge >= 0.3 is 5.69 Å². The zero-order valence-corrected chi connectivity index (χ0v) is 16.2. The van der Waals surface area contributed by atoms with Gasteiger partial charge in [-0.2, -0.15) is 0 Å². The molecule has 1 aromatic carbocycles. The van der Waals surface area contributed by atoms with E-state index in [0.717, 1.165) is 18.4 Å². The summed E-state index contributed by atoms with van der Waals surface area (Å²) in [6.45, 7) is 2.27. The SMILES string of the molecule is C[C@@H](Oc1ccccc1)C(=O)NCCn1nc(-c2cccnc2)n(C2CC2)c1=O. The Kier molecular flexibility index (Phi) is 5.41. The maximum atomic E-state index is 12.8. The maximum Gasteiger partial charge on any atom is 0.346 e. The van der Waals surface area contributed by atoms with Crippen molar-refractivity contribution in [3.8, 4) is 17.1 Å². The van der Waals surface area contributed by atoms with Gasteiger partial charge in [-0.15, -0.1) is 5.10 Å². The van der Waals surface area contributed by atoms with Crippen LogP contribution in [0.1, 0.15) is 25.8 Å². The number of nitrogens with zero attached hydrogens (tertiary/aromatic N) is 4. The molecule has 8 heteroatoms. The van der Waals surface area contributed by atoms with E-state index in [4.69, 9.17) is 4.74 Å². The molecule has 1 aliphatic rings. The lowest BCUT2D eigenvalue weighted by Gasteiger charge is -2.14. The van der Waals surface area contributed by atoms with Crippen molar-refractivity contribution in [3.63, 3.8) is 0 Å². The number of nitrogens with one attached hydrogen (secondary N) is 1. The summed E-state index contributed by atoms with van der Waals surface area (Å²) in [6.07, 6.45) is 4.71. The molecule has 0 radical (unpaired) electrons. The van der Waals surface area contributed by atoms with E-state index in [0.29, 0.717) is 11.6 Å². The molecule has 1 amide bonds. The summed E-state index contributed by atoms with van der Waals surface area (Å²) < 4.78 is 8.76. The first-order chi connectivity index (χ1) is 14.1. The average molecular weight is 393 g/mol. The number of amides is 1. The number of hydrogen-bond donors (Lipinski definition) is 1. The predicted octanol–water partition coefficient (Wildman–Crippen LogP) is 2.03. The molecule has 150 valence electrons. The summed E-state index contributed by atoms with van der Waals surface area (Å²) in [7, 11) is 0. The number of carbonyl (C=O) groups is 1. The third kappa shape index (κ3) is 4.37. The molecule has 1 atom stereocenters. The molecule has 8 nitrogen and oxygen atoms in total. The van der Waals surface area contributed by atoms with E-state index in [-0.39, 0.29) is 30.7 Å². The lowest BCUT2D eigenvalue weighted by molar-refractivity contribution is -0.127. The monoisotopic (exact) mass is 393 g/mol. The molecule has 0 aliphatic heterocycles. The molecule has 0 unspecified atom stereocenters. The molecule has 0 spiro atoms. The Morgan fingerprint density at radius 1 is 1.24 bits per heavy atom. The number of aromatic nitrogens is 4. The van der Waals surface area contributed by atoms with Crippen LogP contribution < -0.4 is 15.7 Å². The molecule has 2 aromatic heterocycles. The van der Waals surface area contributed by atoms with E-state index in [1.807, 2.05) is 30.3 Å². The van der Waals surface area contributed by atoms with Crippen LogP contribution in [-0.4, -0.2) is 37.9 Å². The van der Waals surface area contributed by atoms with Gasteiger partial charge in [-0.3, -0.25) is 14.3 Å². The fourth-order valence-corrected chi connectivity index (χ4v) is 3.11. The Hall–Kier alpha value is -3.42. The smallest absolute Gasteiger partial charge is 0.346 e. The first kappa shape index (κ1) is 18.9. The van der Waals surface area contributed by atoms with Crippen molar-refractivity contribution >= 4 is 5.91 Å². The highest BCUT2D eigenvalue weighted by molar-refractivity contribution is 5.80. The van der Waals surface area contributed by atoms with Crippen LogP contribution in [0.25, 0.3) is 11.4 Å². The van der Waals surface area contributed by atoms with Crippen LogP contribution in [0, 0.1) is 0 Å². The van der Waals surface area contributed by atoms with E-state index in [1.54, 1.807) is 36.0 Å². The lowest BCUT2D eigenvalue weighted by Crippen LogP contribution is -2.39. The van der Waals surface area contributed by atoms with Crippen molar-refractivity contribution in [1.82, 2.24) is 24.6 Å². The third-order valence-electron chi connectivity index (χ3n) is 4.75. The molecule has 4 rings (SSSR count). The summed E-state index contributed by atoms with van der Waals surface area (Å²) in [5, 5.41) is 7.30. The van der Waals surface area contributed by atoms with Gasteiger partial charge < -0.3 is 10.1 Å². The highest BCUT2D eigenvalue weighted by Crippen LogP contribution is 2.36.